The number of furan rings is 1. The molecule has 0 fully saturated rings. The van der Waals surface area contributed by atoms with Crippen molar-refractivity contribution in [2.45, 2.75) is 0 Å². The van der Waals surface area contributed by atoms with E-state index >= 15 is 0 Å². The summed E-state index contributed by atoms with van der Waals surface area (Å²) in [6, 6.07) is 61.4. The van der Waals surface area contributed by atoms with Crippen molar-refractivity contribution in [2.75, 3.05) is 0 Å². The third kappa shape index (κ3) is 3.97. The Bertz CT molecular complexity index is 2780. The summed E-state index contributed by atoms with van der Waals surface area (Å²) >= 11 is 0. The van der Waals surface area contributed by atoms with Crippen LogP contribution >= 0.6 is 0 Å². The number of fused-ring (bicyclic) bond motifs is 2. The van der Waals surface area contributed by atoms with Crippen molar-refractivity contribution >= 4 is 54.1 Å². The van der Waals surface area contributed by atoms with Crippen LogP contribution in [0.15, 0.2) is 174 Å². The third-order valence-electron chi connectivity index (χ3n) is 9.84. The van der Waals surface area contributed by atoms with Crippen LogP contribution in [0.1, 0.15) is 0 Å². The Morgan fingerprint density at radius 1 is 0.319 bits per heavy atom. The molecule has 218 valence electrons. The summed E-state index contributed by atoms with van der Waals surface area (Å²) in [7, 11) is 0. The average molecular weight is 597 g/mol. The van der Waals surface area contributed by atoms with Crippen molar-refractivity contribution in [1.29, 1.82) is 0 Å². The Hall–Kier alpha value is -6.18. The van der Waals surface area contributed by atoms with Crippen LogP contribution in [0, 0.1) is 0 Å². The Balaban J connectivity index is 1.20. The standard InChI is InChI=1S/C46H28O/c1-2-10-29(11-3-1)36-24-20-31-23-27-40-37(25-21-32-22-26-39(36)43(31)44(32)40)33-14-8-15-34(28-33)46-45(41-17-6-7-19-42(41)47-46)38-18-9-13-30-12-4-5-16-35(30)38/h1-28H. The molecular weight excluding hydrogens is 569 g/mol. The molecule has 0 unspecified atom stereocenters. The van der Waals surface area contributed by atoms with Crippen LogP contribution in [0.5, 0.6) is 0 Å². The zero-order valence-electron chi connectivity index (χ0n) is 25.6. The minimum absolute atomic E-state index is 0.896. The van der Waals surface area contributed by atoms with Gasteiger partial charge in [-0.05, 0) is 83.0 Å². The summed E-state index contributed by atoms with van der Waals surface area (Å²) < 4.78 is 6.71. The SMILES string of the molecule is c1ccc(-c2ccc3ccc4c(-c5cccc(-c6oc7ccccc7c6-c6cccc7ccccc67)c5)ccc5ccc2c3c54)cc1. The Kier molecular flexibility index (Phi) is 5.64. The van der Waals surface area contributed by atoms with E-state index in [2.05, 4.69) is 164 Å². The van der Waals surface area contributed by atoms with E-state index in [1.165, 1.54) is 70.9 Å². The summed E-state index contributed by atoms with van der Waals surface area (Å²) in [5, 5.41) is 11.3. The van der Waals surface area contributed by atoms with E-state index < -0.39 is 0 Å². The molecule has 1 heteroatoms. The number of benzene rings is 9. The summed E-state index contributed by atoms with van der Waals surface area (Å²) in [5.41, 5.74) is 9.20. The summed E-state index contributed by atoms with van der Waals surface area (Å²) in [6.07, 6.45) is 0. The largest absolute Gasteiger partial charge is 0.455 e. The van der Waals surface area contributed by atoms with E-state index in [0.29, 0.717) is 0 Å². The molecular formula is C46H28O. The van der Waals surface area contributed by atoms with Gasteiger partial charge in [0.1, 0.15) is 11.3 Å². The topological polar surface area (TPSA) is 13.1 Å². The molecule has 0 spiro atoms. The monoisotopic (exact) mass is 596 g/mol. The number of rotatable bonds is 4. The third-order valence-corrected chi connectivity index (χ3v) is 9.84. The molecule has 9 aromatic carbocycles. The van der Waals surface area contributed by atoms with Crippen molar-refractivity contribution in [1.82, 2.24) is 0 Å². The van der Waals surface area contributed by atoms with Crippen LogP contribution in [0.25, 0.3) is 98.8 Å². The van der Waals surface area contributed by atoms with Crippen LogP contribution in [-0.2, 0) is 0 Å². The summed E-state index contributed by atoms with van der Waals surface area (Å²) in [4.78, 5) is 0. The van der Waals surface area contributed by atoms with Gasteiger partial charge < -0.3 is 4.42 Å². The molecule has 0 saturated heterocycles. The maximum Gasteiger partial charge on any atom is 0.143 e. The van der Waals surface area contributed by atoms with Gasteiger partial charge in [0.2, 0.25) is 0 Å². The van der Waals surface area contributed by atoms with Gasteiger partial charge in [0.25, 0.3) is 0 Å². The minimum Gasteiger partial charge on any atom is -0.455 e. The molecule has 0 N–H and O–H groups in total. The first-order valence-electron chi connectivity index (χ1n) is 16.2. The van der Waals surface area contributed by atoms with Crippen molar-refractivity contribution in [3.05, 3.63) is 170 Å². The molecule has 47 heavy (non-hydrogen) atoms. The first-order chi connectivity index (χ1) is 23.3. The predicted molar refractivity (Wildman–Crippen MR) is 199 cm³/mol. The van der Waals surface area contributed by atoms with Crippen LogP contribution in [0.4, 0.5) is 0 Å². The molecule has 0 aliphatic heterocycles. The minimum atomic E-state index is 0.896. The van der Waals surface area contributed by atoms with Gasteiger partial charge in [-0.3, -0.25) is 0 Å². The van der Waals surface area contributed by atoms with Gasteiger partial charge in [-0.25, -0.2) is 0 Å². The fraction of sp³-hybridized carbons (Fsp3) is 0. The maximum absolute atomic E-state index is 6.71. The van der Waals surface area contributed by atoms with E-state index in [1.54, 1.807) is 0 Å². The fourth-order valence-corrected chi connectivity index (χ4v) is 7.71. The highest BCUT2D eigenvalue weighted by atomic mass is 16.3. The Labute approximate surface area is 272 Å². The van der Waals surface area contributed by atoms with Crippen molar-refractivity contribution in [3.63, 3.8) is 0 Å². The van der Waals surface area contributed by atoms with Crippen LogP contribution in [-0.4, -0.2) is 0 Å². The van der Waals surface area contributed by atoms with Crippen LogP contribution in [0.2, 0.25) is 0 Å². The number of hydrogen-bond donors (Lipinski definition) is 0. The highest BCUT2D eigenvalue weighted by molar-refractivity contribution is 6.27. The molecule has 0 amide bonds. The van der Waals surface area contributed by atoms with E-state index in [9.17, 15) is 0 Å². The molecule has 1 nitrogen and oxygen atoms in total. The van der Waals surface area contributed by atoms with E-state index in [0.717, 1.165) is 27.9 Å². The molecule has 1 heterocycles. The molecule has 0 aliphatic rings. The first-order valence-corrected chi connectivity index (χ1v) is 16.2. The van der Waals surface area contributed by atoms with Gasteiger partial charge in [-0.2, -0.15) is 0 Å². The molecule has 0 radical (unpaired) electrons. The van der Waals surface area contributed by atoms with Crippen LogP contribution in [0.3, 0.4) is 0 Å². The van der Waals surface area contributed by atoms with Crippen molar-refractivity contribution in [2.24, 2.45) is 0 Å². The van der Waals surface area contributed by atoms with Crippen molar-refractivity contribution in [3.8, 4) is 44.7 Å². The molecule has 0 bridgehead atoms. The summed E-state index contributed by atoms with van der Waals surface area (Å²) in [5.74, 6) is 0.898. The van der Waals surface area contributed by atoms with E-state index in [-0.39, 0.29) is 0 Å². The molecule has 1 aromatic heterocycles. The lowest BCUT2D eigenvalue weighted by Crippen LogP contribution is -1.90. The van der Waals surface area contributed by atoms with Crippen molar-refractivity contribution < 1.29 is 4.42 Å². The van der Waals surface area contributed by atoms with Gasteiger partial charge in [0, 0.05) is 16.5 Å². The highest BCUT2D eigenvalue weighted by Crippen LogP contribution is 2.46. The number of para-hydroxylation sites is 1. The van der Waals surface area contributed by atoms with Gasteiger partial charge in [-0.1, -0.05) is 158 Å². The zero-order valence-corrected chi connectivity index (χ0v) is 25.6. The van der Waals surface area contributed by atoms with E-state index in [1.807, 2.05) is 6.07 Å². The smallest absolute Gasteiger partial charge is 0.143 e. The fourth-order valence-electron chi connectivity index (χ4n) is 7.71. The molecule has 10 aromatic rings. The predicted octanol–water partition coefficient (Wildman–Crippen LogP) is 13.2. The Morgan fingerprint density at radius 3 is 1.68 bits per heavy atom. The first kappa shape index (κ1) is 26.1. The van der Waals surface area contributed by atoms with Gasteiger partial charge in [0.15, 0.2) is 0 Å². The molecule has 0 aliphatic carbocycles. The Morgan fingerprint density at radius 2 is 0.894 bits per heavy atom. The molecule has 0 saturated carbocycles. The zero-order chi connectivity index (χ0) is 30.9. The summed E-state index contributed by atoms with van der Waals surface area (Å²) in [6.45, 7) is 0. The second kappa shape index (κ2) is 10.2. The van der Waals surface area contributed by atoms with Gasteiger partial charge in [0.05, 0.1) is 0 Å². The van der Waals surface area contributed by atoms with Gasteiger partial charge >= 0.3 is 0 Å². The highest BCUT2D eigenvalue weighted by Gasteiger charge is 2.20. The average Bonchev–Trinajstić information content (AvgIpc) is 3.53. The molecule has 0 atom stereocenters. The molecule has 10 rings (SSSR count). The maximum atomic E-state index is 6.71. The van der Waals surface area contributed by atoms with Crippen LogP contribution < -0.4 is 0 Å². The second-order valence-corrected chi connectivity index (χ2v) is 12.4. The lowest BCUT2D eigenvalue weighted by Gasteiger charge is -2.17. The number of hydrogen-bond acceptors (Lipinski definition) is 1. The second-order valence-electron chi connectivity index (χ2n) is 12.4. The van der Waals surface area contributed by atoms with Gasteiger partial charge in [-0.15, -0.1) is 0 Å². The lowest BCUT2D eigenvalue weighted by atomic mass is 9.87. The quantitative estimate of drug-likeness (QED) is 0.184. The lowest BCUT2D eigenvalue weighted by molar-refractivity contribution is 0.632. The normalized spacial score (nSPS) is 11.8. The van der Waals surface area contributed by atoms with E-state index in [4.69, 9.17) is 4.42 Å².